The number of rotatable bonds is 4. The molecule has 0 fully saturated rings. The number of carbonyl (C=O) groups excluding carboxylic acids is 1. The quantitative estimate of drug-likeness (QED) is 0.792. The maximum Gasteiger partial charge on any atom is 0.449 e. The second-order valence-corrected chi connectivity index (χ2v) is 5.31. The van der Waals surface area contributed by atoms with Crippen LogP contribution in [0.25, 0.3) is 11.0 Å². The van der Waals surface area contributed by atoms with Crippen LogP contribution < -0.4 is 5.32 Å². The first kappa shape index (κ1) is 16.1. The molecule has 0 saturated heterocycles. The van der Waals surface area contributed by atoms with E-state index in [1.807, 2.05) is 0 Å². The maximum atomic E-state index is 13.2. The Morgan fingerprint density at radius 1 is 1.29 bits per heavy atom. The molecule has 1 aromatic carbocycles. The third kappa shape index (κ3) is 3.12. The van der Waals surface area contributed by atoms with Gasteiger partial charge in [-0.2, -0.15) is 13.2 Å². The van der Waals surface area contributed by atoms with Gasteiger partial charge in [0, 0.05) is 0 Å². The van der Waals surface area contributed by atoms with E-state index in [2.05, 4.69) is 10.3 Å². The Bertz CT molecular complexity index is 853. The van der Waals surface area contributed by atoms with Gasteiger partial charge in [0.1, 0.15) is 12.3 Å². The Labute approximate surface area is 135 Å². The van der Waals surface area contributed by atoms with Gasteiger partial charge in [0.05, 0.1) is 23.3 Å². The molecular weight excluding hydrogens is 323 g/mol. The fourth-order valence-electron chi connectivity index (χ4n) is 2.49. The summed E-state index contributed by atoms with van der Waals surface area (Å²) in [6, 6.07) is 9.08. The van der Waals surface area contributed by atoms with Crippen LogP contribution in [0.15, 0.2) is 47.1 Å². The lowest BCUT2D eigenvalue weighted by molar-refractivity contribution is -0.147. The minimum atomic E-state index is -4.65. The summed E-state index contributed by atoms with van der Waals surface area (Å²) in [5.74, 6) is -1.13. The highest BCUT2D eigenvalue weighted by molar-refractivity contribution is 5.81. The summed E-state index contributed by atoms with van der Waals surface area (Å²) in [5.41, 5.74) is 0.447. The van der Waals surface area contributed by atoms with Crippen LogP contribution in [-0.2, 0) is 17.5 Å². The number of benzene rings is 1. The predicted molar refractivity (Wildman–Crippen MR) is 80.0 cm³/mol. The molecule has 24 heavy (non-hydrogen) atoms. The first-order valence-electron chi connectivity index (χ1n) is 7.21. The number of aromatic nitrogens is 2. The zero-order valence-corrected chi connectivity index (χ0v) is 12.7. The van der Waals surface area contributed by atoms with E-state index in [1.54, 1.807) is 31.2 Å². The van der Waals surface area contributed by atoms with Gasteiger partial charge in [-0.3, -0.25) is 4.79 Å². The molecule has 0 spiro atoms. The van der Waals surface area contributed by atoms with Crippen LogP contribution in [0.1, 0.15) is 24.6 Å². The number of amides is 1. The number of hydrogen-bond acceptors (Lipinski definition) is 3. The van der Waals surface area contributed by atoms with Crippen molar-refractivity contribution in [3.8, 4) is 0 Å². The van der Waals surface area contributed by atoms with Gasteiger partial charge in [-0.1, -0.05) is 12.1 Å². The van der Waals surface area contributed by atoms with Gasteiger partial charge in [0.15, 0.2) is 0 Å². The number of imidazole rings is 1. The van der Waals surface area contributed by atoms with Crippen molar-refractivity contribution in [2.24, 2.45) is 0 Å². The highest BCUT2D eigenvalue weighted by atomic mass is 19.4. The summed E-state index contributed by atoms with van der Waals surface area (Å²) in [6.45, 7) is 1.20. The first-order chi connectivity index (χ1) is 11.4. The SMILES string of the molecule is C[C@H](NC(=O)Cn1c(C(F)(F)F)nc2ccccc21)c1ccco1. The van der Waals surface area contributed by atoms with E-state index in [4.69, 9.17) is 4.42 Å². The monoisotopic (exact) mass is 337 g/mol. The highest BCUT2D eigenvalue weighted by Gasteiger charge is 2.38. The molecule has 3 aromatic rings. The first-order valence-corrected chi connectivity index (χ1v) is 7.21. The van der Waals surface area contributed by atoms with Gasteiger partial charge in [0.2, 0.25) is 11.7 Å². The number of alkyl halides is 3. The van der Waals surface area contributed by atoms with Crippen molar-refractivity contribution < 1.29 is 22.4 Å². The number of hydrogen-bond donors (Lipinski definition) is 1. The van der Waals surface area contributed by atoms with Crippen molar-refractivity contribution in [2.45, 2.75) is 25.7 Å². The minimum absolute atomic E-state index is 0.191. The Morgan fingerprint density at radius 2 is 2.04 bits per heavy atom. The molecule has 0 radical (unpaired) electrons. The minimum Gasteiger partial charge on any atom is -0.467 e. The Morgan fingerprint density at radius 3 is 2.71 bits per heavy atom. The molecule has 0 aliphatic heterocycles. The van der Waals surface area contributed by atoms with Crippen molar-refractivity contribution in [1.82, 2.24) is 14.9 Å². The third-order valence-electron chi connectivity index (χ3n) is 3.56. The smallest absolute Gasteiger partial charge is 0.449 e. The van der Waals surface area contributed by atoms with E-state index < -0.39 is 30.5 Å². The second-order valence-electron chi connectivity index (χ2n) is 5.31. The van der Waals surface area contributed by atoms with E-state index in [0.717, 1.165) is 4.57 Å². The Kier molecular flexibility index (Phi) is 4.04. The number of fused-ring (bicyclic) bond motifs is 1. The molecule has 0 aliphatic carbocycles. The van der Waals surface area contributed by atoms with Gasteiger partial charge in [-0.15, -0.1) is 0 Å². The number of nitrogens with zero attached hydrogens (tertiary/aromatic N) is 2. The number of halogens is 3. The summed E-state index contributed by atoms with van der Waals surface area (Å²) in [6.07, 6.45) is -3.19. The molecule has 8 heteroatoms. The molecule has 0 unspecified atom stereocenters. The number of furan rings is 1. The van der Waals surface area contributed by atoms with Gasteiger partial charge in [0.25, 0.3) is 0 Å². The largest absolute Gasteiger partial charge is 0.467 e. The van der Waals surface area contributed by atoms with Crippen LogP contribution in [0.4, 0.5) is 13.2 Å². The molecule has 5 nitrogen and oxygen atoms in total. The van der Waals surface area contributed by atoms with E-state index in [-0.39, 0.29) is 11.0 Å². The van der Waals surface area contributed by atoms with Crippen molar-refractivity contribution >= 4 is 16.9 Å². The average Bonchev–Trinajstić information content (AvgIpc) is 3.15. The molecule has 1 amide bonds. The van der Waals surface area contributed by atoms with Gasteiger partial charge < -0.3 is 14.3 Å². The zero-order valence-electron chi connectivity index (χ0n) is 12.7. The van der Waals surface area contributed by atoms with Crippen LogP contribution in [0.2, 0.25) is 0 Å². The lowest BCUT2D eigenvalue weighted by Crippen LogP contribution is -2.31. The van der Waals surface area contributed by atoms with E-state index in [1.165, 1.54) is 18.4 Å². The summed E-state index contributed by atoms with van der Waals surface area (Å²) in [5, 5.41) is 2.62. The van der Waals surface area contributed by atoms with Crippen LogP contribution in [0, 0.1) is 0 Å². The van der Waals surface area contributed by atoms with Gasteiger partial charge >= 0.3 is 6.18 Å². The molecule has 0 saturated carbocycles. The predicted octanol–water partition coefficient (Wildman–Crippen LogP) is 3.53. The Hall–Kier alpha value is -2.77. The third-order valence-corrected chi connectivity index (χ3v) is 3.56. The van der Waals surface area contributed by atoms with Crippen LogP contribution in [-0.4, -0.2) is 15.5 Å². The lowest BCUT2D eigenvalue weighted by Gasteiger charge is -2.14. The van der Waals surface area contributed by atoms with Crippen molar-refractivity contribution in [3.63, 3.8) is 0 Å². The number of carbonyl (C=O) groups is 1. The van der Waals surface area contributed by atoms with E-state index in [0.29, 0.717) is 5.76 Å². The zero-order chi connectivity index (χ0) is 17.3. The molecule has 126 valence electrons. The van der Waals surface area contributed by atoms with Crippen LogP contribution >= 0.6 is 0 Å². The molecule has 0 aliphatic rings. The topological polar surface area (TPSA) is 60.1 Å². The fraction of sp³-hybridized carbons (Fsp3) is 0.250. The summed E-state index contributed by atoms with van der Waals surface area (Å²) in [4.78, 5) is 15.8. The van der Waals surface area contributed by atoms with Crippen molar-refractivity contribution in [3.05, 3.63) is 54.2 Å². The average molecular weight is 337 g/mol. The van der Waals surface area contributed by atoms with E-state index in [9.17, 15) is 18.0 Å². The molecule has 2 aromatic heterocycles. The Balaban J connectivity index is 1.87. The standard InChI is InChI=1S/C16H14F3N3O2/c1-10(13-7-4-8-24-13)20-14(23)9-22-12-6-3-2-5-11(12)21-15(22)16(17,18)19/h2-8,10H,9H2,1H3,(H,20,23)/t10-/m0/s1. The molecule has 3 rings (SSSR count). The second kappa shape index (κ2) is 6.03. The molecule has 0 bridgehead atoms. The maximum absolute atomic E-state index is 13.2. The summed E-state index contributed by atoms with van der Waals surface area (Å²) < 4.78 is 45.6. The fourth-order valence-corrected chi connectivity index (χ4v) is 2.49. The lowest BCUT2D eigenvalue weighted by atomic mass is 10.2. The number of nitrogens with one attached hydrogen (secondary N) is 1. The van der Waals surface area contributed by atoms with Gasteiger partial charge in [-0.25, -0.2) is 4.98 Å². The summed E-state index contributed by atoms with van der Waals surface area (Å²) >= 11 is 0. The summed E-state index contributed by atoms with van der Waals surface area (Å²) in [7, 11) is 0. The van der Waals surface area contributed by atoms with Crippen molar-refractivity contribution in [2.75, 3.05) is 0 Å². The van der Waals surface area contributed by atoms with Gasteiger partial charge in [-0.05, 0) is 31.2 Å². The molecule has 1 N–H and O–H groups in total. The molecule has 2 heterocycles. The molecule has 1 atom stereocenters. The van der Waals surface area contributed by atoms with Crippen LogP contribution in [0.5, 0.6) is 0 Å². The van der Waals surface area contributed by atoms with Crippen molar-refractivity contribution in [1.29, 1.82) is 0 Å². The number of para-hydroxylation sites is 2. The normalized spacial score (nSPS) is 13.2. The highest BCUT2D eigenvalue weighted by Crippen LogP contribution is 2.31. The van der Waals surface area contributed by atoms with E-state index >= 15 is 0 Å². The molecular formula is C16H14F3N3O2. The van der Waals surface area contributed by atoms with Crippen LogP contribution in [0.3, 0.4) is 0 Å².